The van der Waals surface area contributed by atoms with Crippen molar-refractivity contribution in [2.75, 3.05) is 9.80 Å². The number of carbonyl (C=O) groups excluding carboxylic acids is 2. The molecule has 2 heterocycles. The van der Waals surface area contributed by atoms with Crippen LogP contribution in [0.15, 0.2) is 48.8 Å². The van der Waals surface area contributed by atoms with E-state index in [1.165, 1.54) is 16.0 Å². The number of nitrogens with zero attached hydrogens (tertiary/aromatic N) is 3. The highest BCUT2D eigenvalue weighted by Gasteiger charge is 2.43. The predicted molar refractivity (Wildman–Crippen MR) is 83.3 cm³/mol. The van der Waals surface area contributed by atoms with Crippen LogP contribution in [0.4, 0.5) is 11.4 Å². The molecule has 1 aromatic heterocycles. The van der Waals surface area contributed by atoms with Gasteiger partial charge in [-0.25, -0.2) is 9.80 Å². The molecule has 0 bridgehead atoms. The fourth-order valence-corrected chi connectivity index (χ4v) is 2.50. The molecule has 1 fully saturated rings. The van der Waals surface area contributed by atoms with Gasteiger partial charge in [0.2, 0.25) is 0 Å². The van der Waals surface area contributed by atoms with Crippen molar-refractivity contribution in [3.05, 3.63) is 53.8 Å². The lowest BCUT2D eigenvalue weighted by molar-refractivity contribution is -0.133. The van der Waals surface area contributed by atoms with Crippen LogP contribution in [-0.2, 0) is 9.59 Å². The Balaban J connectivity index is 2.02. The molecule has 0 atom stereocenters. The van der Waals surface area contributed by atoms with Crippen molar-refractivity contribution in [2.24, 2.45) is 0 Å². The van der Waals surface area contributed by atoms with Crippen molar-refractivity contribution in [1.29, 1.82) is 0 Å². The number of amides is 2. The lowest BCUT2D eigenvalue weighted by Crippen LogP contribution is -2.33. The van der Waals surface area contributed by atoms with Crippen molar-refractivity contribution in [3.63, 3.8) is 0 Å². The molecule has 1 aliphatic heterocycles. The van der Waals surface area contributed by atoms with E-state index < -0.39 is 11.8 Å². The van der Waals surface area contributed by atoms with Crippen LogP contribution in [0, 0.1) is 0 Å². The number of rotatable bonds is 2. The normalized spacial score (nSPS) is 15.0. The van der Waals surface area contributed by atoms with Gasteiger partial charge in [-0.15, -0.1) is 0 Å². The van der Waals surface area contributed by atoms with E-state index in [9.17, 15) is 9.59 Å². The molecular weight excluding hydrogens is 310 g/mol. The SMILES string of the molecule is O=C1C(=O)N(c2cccnc2)C(=S)N1c1ccc(Cl)cc1. The molecule has 0 aliphatic carbocycles. The van der Waals surface area contributed by atoms with Gasteiger partial charge in [-0.2, -0.15) is 0 Å². The molecule has 0 unspecified atom stereocenters. The minimum absolute atomic E-state index is 0.0975. The molecule has 2 amide bonds. The standard InChI is InChI=1S/C14H8ClN3O2S/c15-9-3-5-10(6-4-9)17-12(19)13(20)18(14(17)21)11-2-1-7-16-8-11/h1-8H. The summed E-state index contributed by atoms with van der Waals surface area (Å²) >= 11 is 11.1. The first-order valence-corrected chi connectivity index (χ1v) is 6.76. The van der Waals surface area contributed by atoms with Gasteiger partial charge in [0.15, 0.2) is 5.11 Å². The fourth-order valence-electron chi connectivity index (χ4n) is 2.00. The quantitative estimate of drug-likeness (QED) is 0.630. The van der Waals surface area contributed by atoms with Crippen LogP contribution in [0.2, 0.25) is 5.02 Å². The van der Waals surface area contributed by atoms with E-state index in [1.807, 2.05) is 0 Å². The topological polar surface area (TPSA) is 53.5 Å². The van der Waals surface area contributed by atoms with E-state index in [0.29, 0.717) is 16.4 Å². The summed E-state index contributed by atoms with van der Waals surface area (Å²) < 4.78 is 0. The van der Waals surface area contributed by atoms with Gasteiger partial charge < -0.3 is 0 Å². The van der Waals surface area contributed by atoms with Gasteiger partial charge in [0.1, 0.15) is 0 Å². The van der Waals surface area contributed by atoms with E-state index >= 15 is 0 Å². The lowest BCUT2D eigenvalue weighted by Gasteiger charge is -2.18. The Morgan fingerprint density at radius 3 is 2.14 bits per heavy atom. The smallest absolute Gasteiger partial charge is 0.263 e. The zero-order valence-corrected chi connectivity index (χ0v) is 12.1. The van der Waals surface area contributed by atoms with Gasteiger partial charge in [-0.05, 0) is 48.6 Å². The van der Waals surface area contributed by atoms with Crippen molar-refractivity contribution in [2.45, 2.75) is 0 Å². The molecular formula is C14H8ClN3O2S. The Labute approximate surface area is 130 Å². The number of benzene rings is 1. The second-order valence-corrected chi connectivity index (χ2v) is 5.05. The third kappa shape index (κ3) is 2.28. The minimum Gasteiger partial charge on any atom is -0.263 e. The van der Waals surface area contributed by atoms with Crippen LogP contribution < -0.4 is 9.80 Å². The summed E-state index contributed by atoms with van der Waals surface area (Å²) in [6, 6.07) is 9.85. The van der Waals surface area contributed by atoms with Crippen molar-refractivity contribution in [3.8, 4) is 0 Å². The van der Waals surface area contributed by atoms with Crippen LogP contribution >= 0.6 is 23.8 Å². The average molecular weight is 318 g/mol. The molecule has 7 heteroatoms. The second-order valence-electron chi connectivity index (χ2n) is 4.25. The van der Waals surface area contributed by atoms with Gasteiger partial charge in [-0.1, -0.05) is 11.6 Å². The zero-order valence-electron chi connectivity index (χ0n) is 10.6. The van der Waals surface area contributed by atoms with Crippen LogP contribution in [-0.4, -0.2) is 21.9 Å². The highest BCUT2D eigenvalue weighted by Crippen LogP contribution is 2.27. The monoisotopic (exact) mass is 317 g/mol. The van der Waals surface area contributed by atoms with Gasteiger partial charge in [0.05, 0.1) is 17.6 Å². The summed E-state index contributed by atoms with van der Waals surface area (Å²) in [5.41, 5.74) is 0.950. The van der Waals surface area contributed by atoms with E-state index in [2.05, 4.69) is 4.98 Å². The molecule has 0 radical (unpaired) electrons. The molecule has 1 saturated heterocycles. The Morgan fingerprint density at radius 2 is 1.57 bits per heavy atom. The first-order valence-electron chi connectivity index (χ1n) is 5.97. The highest BCUT2D eigenvalue weighted by molar-refractivity contribution is 7.81. The van der Waals surface area contributed by atoms with Crippen molar-refractivity contribution < 1.29 is 9.59 Å². The molecule has 0 saturated carbocycles. The van der Waals surface area contributed by atoms with Crippen LogP contribution in [0.5, 0.6) is 0 Å². The molecule has 1 aliphatic rings. The fraction of sp³-hybridized carbons (Fsp3) is 0. The summed E-state index contributed by atoms with van der Waals surface area (Å²) in [5.74, 6) is -1.41. The molecule has 104 valence electrons. The summed E-state index contributed by atoms with van der Waals surface area (Å²) in [4.78, 5) is 30.6. The lowest BCUT2D eigenvalue weighted by atomic mass is 10.3. The summed E-state index contributed by atoms with van der Waals surface area (Å²) in [6.45, 7) is 0. The van der Waals surface area contributed by atoms with Gasteiger partial charge >= 0.3 is 11.8 Å². The summed E-state index contributed by atoms with van der Waals surface area (Å²) in [5, 5.41) is 0.632. The van der Waals surface area contributed by atoms with Crippen LogP contribution in [0.3, 0.4) is 0 Å². The Kier molecular flexibility index (Phi) is 3.40. The van der Waals surface area contributed by atoms with Crippen LogP contribution in [0.25, 0.3) is 0 Å². The van der Waals surface area contributed by atoms with Gasteiger partial charge in [-0.3, -0.25) is 14.6 Å². The van der Waals surface area contributed by atoms with Crippen LogP contribution in [0.1, 0.15) is 0 Å². The maximum absolute atomic E-state index is 12.2. The molecule has 2 aromatic rings. The van der Waals surface area contributed by atoms with Crippen molar-refractivity contribution in [1.82, 2.24) is 4.98 Å². The second kappa shape index (κ2) is 5.23. The molecule has 0 N–H and O–H groups in total. The number of thiocarbonyl (C=S) groups is 1. The van der Waals surface area contributed by atoms with E-state index in [0.717, 1.165) is 0 Å². The number of hydrogen-bond donors (Lipinski definition) is 0. The van der Waals surface area contributed by atoms with Gasteiger partial charge in [0, 0.05) is 11.2 Å². The zero-order chi connectivity index (χ0) is 15.0. The Bertz CT molecular complexity index is 734. The molecule has 3 rings (SSSR count). The average Bonchev–Trinajstić information content (AvgIpc) is 2.72. The predicted octanol–water partition coefficient (Wildman–Crippen LogP) is 2.40. The summed E-state index contributed by atoms with van der Waals surface area (Å²) in [6.07, 6.45) is 3.05. The Morgan fingerprint density at radius 1 is 0.952 bits per heavy atom. The first kappa shape index (κ1) is 13.7. The molecule has 21 heavy (non-hydrogen) atoms. The number of carbonyl (C=O) groups is 2. The largest absolute Gasteiger partial charge is 0.323 e. The number of aromatic nitrogens is 1. The van der Waals surface area contributed by atoms with E-state index in [4.69, 9.17) is 23.8 Å². The molecule has 1 aromatic carbocycles. The summed E-state index contributed by atoms with van der Waals surface area (Å²) in [7, 11) is 0. The molecule has 0 spiro atoms. The van der Waals surface area contributed by atoms with Crippen molar-refractivity contribution >= 4 is 52.1 Å². The number of hydrogen-bond acceptors (Lipinski definition) is 4. The van der Waals surface area contributed by atoms with E-state index in [-0.39, 0.29) is 5.11 Å². The first-order chi connectivity index (χ1) is 10.1. The molecule has 5 nitrogen and oxygen atoms in total. The number of pyridine rings is 1. The van der Waals surface area contributed by atoms with Gasteiger partial charge in [0.25, 0.3) is 0 Å². The minimum atomic E-state index is -0.706. The highest BCUT2D eigenvalue weighted by atomic mass is 35.5. The third-order valence-electron chi connectivity index (χ3n) is 2.96. The third-order valence-corrected chi connectivity index (χ3v) is 3.58. The number of anilines is 2. The maximum Gasteiger partial charge on any atom is 0.323 e. The number of halogens is 1. The Hall–Kier alpha value is -2.31. The van der Waals surface area contributed by atoms with E-state index in [1.54, 1.807) is 42.6 Å². The maximum atomic E-state index is 12.2.